The number of ketones is 1. The molecule has 156 valence electrons. The summed E-state index contributed by atoms with van der Waals surface area (Å²) < 4.78 is 5.78. The zero-order valence-corrected chi connectivity index (χ0v) is 17.0. The van der Waals surface area contributed by atoms with Crippen LogP contribution >= 0.6 is 0 Å². The van der Waals surface area contributed by atoms with E-state index in [0.717, 1.165) is 37.1 Å². The molecule has 29 heavy (non-hydrogen) atoms. The Kier molecular flexibility index (Phi) is 7.47. The third-order valence-corrected chi connectivity index (χ3v) is 5.20. The van der Waals surface area contributed by atoms with Crippen molar-refractivity contribution in [3.63, 3.8) is 0 Å². The van der Waals surface area contributed by atoms with Crippen molar-refractivity contribution in [2.45, 2.75) is 58.0 Å². The van der Waals surface area contributed by atoms with Crippen molar-refractivity contribution in [2.24, 2.45) is 4.99 Å². The summed E-state index contributed by atoms with van der Waals surface area (Å²) in [5.41, 5.74) is 3.06. The Bertz CT molecular complexity index is 813. The number of aliphatic hydroxyl groups excluding tert-OH is 1. The van der Waals surface area contributed by atoms with Gasteiger partial charge in [-0.3, -0.25) is 9.79 Å². The van der Waals surface area contributed by atoms with Crippen LogP contribution in [0.2, 0.25) is 0 Å². The number of phenols is 1. The molecule has 0 bridgehead atoms. The fourth-order valence-electron chi connectivity index (χ4n) is 3.51. The van der Waals surface area contributed by atoms with Gasteiger partial charge in [0.1, 0.15) is 5.78 Å². The van der Waals surface area contributed by atoms with Gasteiger partial charge in [0.15, 0.2) is 18.2 Å². The molecule has 0 fully saturated rings. The first-order valence-electron chi connectivity index (χ1n) is 10.4. The molecule has 2 heterocycles. The third kappa shape index (κ3) is 6.19. The highest BCUT2D eigenvalue weighted by atomic mass is 16.5. The van der Waals surface area contributed by atoms with Crippen LogP contribution in [-0.4, -0.2) is 46.5 Å². The Morgan fingerprint density at radius 3 is 3.00 bits per heavy atom. The van der Waals surface area contributed by atoms with Crippen LogP contribution in [0, 0.1) is 0 Å². The van der Waals surface area contributed by atoms with Crippen molar-refractivity contribution in [3.8, 4) is 11.5 Å². The van der Waals surface area contributed by atoms with Crippen molar-refractivity contribution < 1.29 is 19.7 Å². The summed E-state index contributed by atoms with van der Waals surface area (Å²) >= 11 is 0. The molecule has 6 nitrogen and oxygen atoms in total. The van der Waals surface area contributed by atoms with Crippen LogP contribution < -0.4 is 4.74 Å². The summed E-state index contributed by atoms with van der Waals surface area (Å²) in [7, 11) is 0. The number of fused-ring (bicyclic) bond motifs is 1. The summed E-state index contributed by atoms with van der Waals surface area (Å²) in [6.45, 7) is 3.17. The van der Waals surface area contributed by atoms with Gasteiger partial charge >= 0.3 is 0 Å². The number of benzene rings is 1. The first kappa shape index (κ1) is 21.1. The van der Waals surface area contributed by atoms with Crippen LogP contribution in [0.25, 0.3) is 0 Å². The first-order valence-corrected chi connectivity index (χ1v) is 10.4. The Morgan fingerprint density at radius 1 is 1.34 bits per heavy atom. The Labute approximate surface area is 172 Å². The molecule has 2 N–H and O–H groups in total. The van der Waals surface area contributed by atoms with E-state index < -0.39 is 6.10 Å². The van der Waals surface area contributed by atoms with Gasteiger partial charge in [0.05, 0.1) is 11.8 Å². The van der Waals surface area contributed by atoms with Gasteiger partial charge in [-0.2, -0.15) is 0 Å². The number of hydrogen-bond donors (Lipinski definition) is 2. The van der Waals surface area contributed by atoms with Crippen LogP contribution in [0.4, 0.5) is 0 Å². The van der Waals surface area contributed by atoms with E-state index in [0.29, 0.717) is 31.7 Å². The van der Waals surface area contributed by atoms with Crippen LogP contribution in [0.1, 0.15) is 51.0 Å². The number of hydrogen-bond acceptors (Lipinski definition) is 6. The number of nitrogens with zero attached hydrogens (tertiary/aromatic N) is 2. The molecule has 0 aliphatic carbocycles. The highest BCUT2D eigenvalue weighted by molar-refractivity contribution is 5.80. The van der Waals surface area contributed by atoms with Crippen LogP contribution in [0.5, 0.6) is 11.5 Å². The second kappa shape index (κ2) is 10.3. The number of phenolic OH excluding ortho intramolecular Hbond substituents is 1. The van der Waals surface area contributed by atoms with E-state index in [1.807, 2.05) is 17.2 Å². The van der Waals surface area contributed by atoms with Gasteiger partial charge in [-0.05, 0) is 36.6 Å². The van der Waals surface area contributed by atoms with E-state index in [9.17, 15) is 15.0 Å². The predicted molar refractivity (Wildman–Crippen MR) is 113 cm³/mol. The minimum Gasteiger partial charge on any atom is -0.504 e. The Morgan fingerprint density at radius 2 is 2.21 bits per heavy atom. The van der Waals surface area contributed by atoms with Crippen molar-refractivity contribution >= 4 is 12.0 Å². The van der Waals surface area contributed by atoms with Gasteiger partial charge < -0.3 is 19.8 Å². The topological polar surface area (TPSA) is 82.4 Å². The molecule has 1 aromatic carbocycles. The molecule has 1 atom stereocenters. The van der Waals surface area contributed by atoms with E-state index in [1.165, 1.54) is 5.57 Å². The van der Waals surface area contributed by atoms with Crippen LogP contribution in [-0.2, 0) is 11.2 Å². The summed E-state index contributed by atoms with van der Waals surface area (Å²) in [5.74, 6) is 0.548. The Balaban J connectivity index is 1.45. The number of unbranched alkanes of at least 4 members (excludes halogenated alkanes) is 2. The number of carbonyl (C=O) groups excluding carboxylic acids is 1. The number of carbonyl (C=O) groups is 1. The number of rotatable bonds is 12. The first-order chi connectivity index (χ1) is 14.0. The smallest absolute Gasteiger partial charge is 0.163 e. The molecule has 0 amide bonds. The second-order valence-corrected chi connectivity index (χ2v) is 7.70. The second-order valence-electron chi connectivity index (χ2n) is 7.70. The zero-order valence-electron chi connectivity index (χ0n) is 17.0. The van der Waals surface area contributed by atoms with Crippen molar-refractivity contribution in [2.75, 3.05) is 13.3 Å². The van der Waals surface area contributed by atoms with Gasteiger partial charge in [0, 0.05) is 37.4 Å². The SMILES string of the molecule is CCCCCC(O)CC(=O)CCc1ccc(O)c(OCN2C=C3N=CC=C3C2)c1. The van der Waals surface area contributed by atoms with Gasteiger partial charge in [-0.25, -0.2) is 0 Å². The van der Waals surface area contributed by atoms with E-state index >= 15 is 0 Å². The molecule has 6 heteroatoms. The normalized spacial score (nSPS) is 15.9. The van der Waals surface area contributed by atoms with Gasteiger partial charge in [0.2, 0.25) is 0 Å². The quantitative estimate of drug-likeness (QED) is 0.524. The van der Waals surface area contributed by atoms with Crippen LogP contribution in [0.3, 0.4) is 0 Å². The average molecular weight is 399 g/mol. The molecule has 2 aliphatic heterocycles. The average Bonchev–Trinajstić information content (AvgIpc) is 3.28. The number of allylic oxidation sites excluding steroid dienone is 1. The van der Waals surface area contributed by atoms with E-state index in [2.05, 4.69) is 11.9 Å². The maximum atomic E-state index is 12.1. The molecule has 0 spiro atoms. The van der Waals surface area contributed by atoms with Gasteiger partial charge in [0.25, 0.3) is 0 Å². The van der Waals surface area contributed by atoms with E-state index in [4.69, 9.17) is 4.74 Å². The number of aromatic hydroxyl groups is 1. The number of ether oxygens (including phenoxy) is 1. The molecule has 2 aliphatic rings. The standard InChI is InChI=1S/C23H30N2O4/c1-2-3-4-5-19(26)13-20(27)8-6-17-7-9-22(28)23(12-17)29-16-25-14-18-10-11-24-21(18)15-25/h7,9-12,15,19,26,28H,2-6,8,13-14,16H2,1H3. The molecule has 0 radical (unpaired) electrons. The molecular weight excluding hydrogens is 368 g/mol. The maximum absolute atomic E-state index is 12.1. The number of aliphatic hydroxyl groups is 1. The molecule has 0 saturated carbocycles. The lowest BCUT2D eigenvalue weighted by atomic mass is 10.0. The predicted octanol–water partition coefficient (Wildman–Crippen LogP) is 3.73. The molecule has 1 aromatic rings. The van der Waals surface area contributed by atoms with E-state index in [-0.39, 0.29) is 18.0 Å². The lowest BCUT2D eigenvalue weighted by Crippen LogP contribution is -2.21. The van der Waals surface area contributed by atoms with Crippen molar-refractivity contribution in [1.82, 2.24) is 4.90 Å². The third-order valence-electron chi connectivity index (χ3n) is 5.20. The highest BCUT2D eigenvalue weighted by Gasteiger charge is 2.20. The van der Waals surface area contributed by atoms with Gasteiger partial charge in [-0.1, -0.05) is 32.3 Å². The molecule has 3 rings (SSSR count). The Hall–Kier alpha value is -2.60. The lowest BCUT2D eigenvalue weighted by Gasteiger charge is -2.17. The number of Topliss-reactive ketones (excluding diaryl/α,β-unsaturated/α-hetero) is 1. The highest BCUT2D eigenvalue weighted by Crippen LogP contribution is 2.29. The molecule has 0 saturated heterocycles. The summed E-state index contributed by atoms with van der Waals surface area (Å²) in [6.07, 6.45) is 10.2. The largest absolute Gasteiger partial charge is 0.504 e. The maximum Gasteiger partial charge on any atom is 0.163 e. The summed E-state index contributed by atoms with van der Waals surface area (Å²) in [6, 6.07) is 5.18. The molecule has 1 unspecified atom stereocenters. The fourth-order valence-corrected chi connectivity index (χ4v) is 3.51. The summed E-state index contributed by atoms with van der Waals surface area (Å²) in [4.78, 5) is 18.4. The minimum absolute atomic E-state index is 0.0635. The minimum atomic E-state index is -0.540. The lowest BCUT2D eigenvalue weighted by molar-refractivity contribution is -0.121. The monoisotopic (exact) mass is 398 g/mol. The van der Waals surface area contributed by atoms with E-state index in [1.54, 1.807) is 24.4 Å². The number of aryl methyl sites for hydroxylation is 1. The van der Waals surface area contributed by atoms with Crippen LogP contribution in [0.15, 0.2) is 46.7 Å². The number of aliphatic imine (C=N–C) groups is 1. The molecule has 0 aromatic heterocycles. The zero-order chi connectivity index (χ0) is 20.6. The fraction of sp³-hybridized carbons (Fsp3) is 0.478. The van der Waals surface area contributed by atoms with Crippen molar-refractivity contribution in [3.05, 3.63) is 47.3 Å². The molecular formula is C23H30N2O4. The van der Waals surface area contributed by atoms with Crippen molar-refractivity contribution in [1.29, 1.82) is 0 Å². The summed E-state index contributed by atoms with van der Waals surface area (Å²) in [5, 5.41) is 20.0. The van der Waals surface area contributed by atoms with Gasteiger partial charge in [-0.15, -0.1) is 0 Å².